The third-order valence-corrected chi connectivity index (χ3v) is 8.18. The number of thioether (sulfide) groups is 1. The van der Waals surface area contributed by atoms with Crippen molar-refractivity contribution in [2.75, 3.05) is 0 Å². The maximum Gasteiger partial charge on any atom is 0.233 e. The van der Waals surface area contributed by atoms with Crippen LogP contribution in [0.25, 0.3) is 0 Å². The van der Waals surface area contributed by atoms with E-state index in [0.717, 1.165) is 23.8 Å². The number of thiophene rings is 1. The predicted molar refractivity (Wildman–Crippen MR) is 115 cm³/mol. The number of rotatable bonds is 7. The van der Waals surface area contributed by atoms with Gasteiger partial charge in [0.2, 0.25) is 5.91 Å². The summed E-state index contributed by atoms with van der Waals surface area (Å²) in [5.41, 5.74) is 0. The molecule has 152 valence electrons. The van der Waals surface area contributed by atoms with Gasteiger partial charge in [0, 0.05) is 23.4 Å². The van der Waals surface area contributed by atoms with Gasteiger partial charge in [-0.05, 0) is 49.5 Å². The summed E-state index contributed by atoms with van der Waals surface area (Å²) < 4.78 is 2.28. The van der Waals surface area contributed by atoms with Gasteiger partial charge in [0.25, 0.3) is 0 Å². The first kappa shape index (κ1) is 20.0. The summed E-state index contributed by atoms with van der Waals surface area (Å²) >= 11 is 3.31. The summed E-state index contributed by atoms with van der Waals surface area (Å²) in [6, 6.07) is 5.02. The Morgan fingerprint density at radius 1 is 1.32 bits per heavy atom. The van der Waals surface area contributed by atoms with E-state index in [9.17, 15) is 4.79 Å². The molecule has 4 atom stereocenters. The number of aromatic nitrogens is 3. The lowest BCUT2D eigenvalue weighted by Crippen LogP contribution is -2.46. The van der Waals surface area contributed by atoms with E-state index in [4.69, 9.17) is 0 Å². The third-order valence-electron chi connectivity index (χ3n) is 6.25. The molecule has 0 unspecified atom stereocenters. The minimum absolute atomic E-state index is 0.126. The summed E-state index contributed by atoms with van der Waals surface area (Å²) in [6.45, 7) is 6.56. The van der Waals surface area contributed by atoms with E-state index in [1.165, 1.54) is 30.6 Å². The maximum absolute atomic E-state index is 12.8. The number of nitrogens with zero attached hydrogens (tertiary/aromatic N) is 3. The molecular weight excluding hydrogens is 388 g/mol. The lowest BCUT2D eigenvalue weighted by atomic mass is 9.78. The molecule has 0 aromatic carbocycles. The van der Waals surface area contributed by atoms with Gasteiger partial charge in [0.05, 0.1) is 5.25 Å². The van der Waals surface area contributed by atoms with Crippen molar-refractivity contribution in [3.63, 3.8) is 0 Å². The van der Waals surface area contributed by atoms with Crippen LogP contribution in [0, 0.1) is 11.8 Å². The van der Waals surface area contributed by atoms with Crippen LogP contribution in [0.1, 0.15) is 69.6 Å². The van der Waals surface area contributed by atoms with E-state index >= 15 is 0 Å². The van der Waals surface area contributed by atoms with Crippen molar-refractivity contribution in [2.24, 2.45) is 11.8 Å². The van der Waals surface area contributed by atoms with Gasteiger partial charge >= 0.3 is 0 Å². The van der Waals surface area contributed by atoms with Gasteiger partial charge in [-0.25, -0.2) is 0 Å². The Morgan fingerprint density at radius 3 is 2.86 bits per heavy atom. The minimum Gasteiger partial charge on any atom is -0.352 e. The molecule has 2 aliphatic rings. The fourth-order valence-electron chi connectivity index (χ4n) is 4.07. The Balaban J connectivity index is 1.42. The highest BCUT2D eigenvalue weighted by molar-refractivity contribution is 8.00. The van der Waals surface area contributed by atoms with Gasteiger partial charge in [0.15, 0.2) is 5.16 Å². The Morgan fingerprint density at radius 2 is 2.14 bits per heavy atom. The Hall–Kier alpha value is -1.34. The van der Waals surface area contributed by atoms with Gasteiger partial charge in [0.1, 0.15) is 5.82 Å². The normalized spacial score (nSPS) is 26.2. The highest BCUT2D eigenvalue weighted by Gasteiger charge is 2.33. The molecule has 1 N–H and O–H groups in total. The van der Waals surface area contributed by atoms with Gasteiger partial charge in [-0.2, -0.15) is 0 Å². The average molecular weight is 419 g/mol. The van der Waals surface area contributed by atoms with Crippen LogP contribution in [-0.4, -0.2) is 32.0 Å². The fraction of sp³-hybridized carbons (Fsp3) is 0.667. The Bertz CT molecular complexity index is 799. The zero-order valence-electron chi connectivity index (χ0n) is 16.9. The standard InChI is InChI=1S/C21H30N4OS2/c1-13-6-4-8-18(14(13)2)22-20(26)15(3)28-21-24-23-19(25(21)16-9-10-16)12-17-7-5-11-27-17/h5,7,11,13-16,18H,4,6,8-10,12H2,1-3H3,(H,22,26)/t13-,14-,15-,18-/m1/s1. The van der Waals surface area contributed by atoms with Crippen LogP contribution in [-0.2, 0) is 11.2 Å². The second-order valence-corrected chi connectivity index (χ2v) is 10.7. The maximum atomic E-state index is 12.8. The van der Waals surface area contributed by atoms with Crippen molar-refractivity contribution < 1.29 is 4.79 Å². The number of carbonyl (C=O) groups excluding carboxylic acids is 1. The molecule has 2 heterocycles. The van der Waals surface area contributed by atoms with Crippen molar-refractivity contribution in [1.29, 1.82) is 0 Å². The summed E-state index contributed by atoms with van der Waals surface area (Å²) in [7, 11) is 0. The van der Waals surface area contributed by atoms with E-state index in [1.54, 1.807) is 23.1 Å². The smallest absolute Gasteiger partial charge is 0.233 e. The molecule has 5 nitrogen and oxygen atoms in total. The van der Waals surface area contributed by atoms with E-state index in [-0.39, 0.29) is 11.2 Å². The highest BCUT2D eigenvalue weighted by atomic mass is 32.2. The van der Waals surface area contributed by atoms with Crippen molar-refractivity contribution >= 4 is 29.0 Å². The molecule has 4 rings (SSSR count). The van der Waals surface area contributed by atoms with E-state index in [2.05, 4.69) is 51.4 Å². The minimum atomic E-state index is -0.166. The zero-order chi connectivity index (χ0) is 19.7. The van der Waals surface area contributed by atoms with E-state index in [0.29, 0.717) is 23.9 Å². The second kappa shape index (κ2) is 8.57. The van der Waals surface area contributed by atoms with Crippen LogP contribution in [0.3, 0.4) is 0 Å². The molecule has 0 radical (unpaired) electrons. The molecule has 1 amide bonds. The van der Waals surface area contributed by atoms with Gasteiger partial charge in [-0.15, -0.1) is 21.5 Å². The Labute approximate surface area is 175 Å². The van der Waals surface area contributed by atoms with E-state index in [1.807, 2.05) is 6.92 Å². The van der Waals surface area contributed by atoms with Crippen LogP contribution in [0.4, 0.5) is 0 Å². The van der Waals surface area contributed by atoms with Gasteiger partial charge in [-0.3, -0.25) is 4.79 Å². The lowest BCUT2D eigenvalue weighted by Gasteiger charge is -2.35. The summed E-state index contributed by atoms with van der Waals surface area (Å²) in [5.74, 6) is 2.37. The van der Waals surface area contributed by atoms with Crippen LogP contribution in [0.5, 0.6) is 0 Å². The molecule has 2 aromatic heterocycles. The largest absolute Gasteiger partial charge is 0.352 e. The third kappa shape index (κ3) is 4.46. The van der Waals surface area contributed by atoms with Crippen molar-refractivity contribution in [3.8, 4) is 0 Å². The number of carbonyl (C=O) groups is 1. The molecular formula is C21H30N4OS2. The lowest BCUT2D eigenvalue weighted by molar-refractivity contribution is -0.121. The quantitative estimate of drug-likeness (QED) is 0.663. The van der Waals surface area contributed by atoms with Crippen molar-refractivity contribution in [1.82, 2.24) is 20.1 Å². The number of amides is 1. The number of hydrogen-bond acceptors (Lipinski definition) is 5. The first-order valence-corrected chi connectivity index (χ1v) is 12.2. The molecule has 2 fully saturated rings. The van der Waals surface area contributed by atoms with Crippen molar-refractivity contribution in [2.45, 2.75) is 81.8 Å². The molecule has 0 saturated heterocycles. The molecule has 0 aliphatic heterocycles. The van der Waals surface area contributed by atoms with Crippen LogP contribution in [0.2, 0.25) is 0 Å². The Kier molecular flexibility index (Phi) is 6.11. The highest BCUT2D eigenvalue weighted by Crippen LogP contribution is 2.40. The average Bonchev–Trinajstić information content (AvgIpc) is 3.23. The summed E-state index contributed by atoms with van der Waals surface area (Å²) in [4.78, 5) is 14.1. The first-order valence-electron chi connectivity index (χ1n) is 10.5. The monoisotopic (exact) mass is 418 g/mol. The molecule has 0 bridgehead atoms. The second-order valence-electron chi connectivity index (χ2n) is 8.40. The van der Waals surface area contributed by atoms with Gasteiger partial charge in [-0.1, -0.05) is 44.5 Å². The summed E-state index contributed by atoms with van der Waals surface area (Å²) in [6.07, 6.45) is 6.76. The zero-order valence-corrected chi connectivity index (χ0v) is 18.6. The number of hydrogen-bond donors (Lipinski definition) is 1. The SMILES string of the molecule is C[C@@H]1[C@H](C)CCC[C@H]1NC(=O)[C@@H](C)Sc1nnc(Cc2cccs2)n1C1CC1. The van der Waals surface area contributed by atoms with Crippen LogP contribution >= 0.6 is 23.1 Å². The molecule has 2 saturated carbocycles. The van der Waals surface area contributed by atoms with Crippen LogP contribution < -0.4 is 5.32 Å². The van der Waals surface area contributed by atoms with Crippen LogP contribution in [0.15, 0.2) is 22.7 Å². The van der Waals surface area contributed by atoms with Gasteiger partial charge < -0.3 is 9.88 Å². The first-order chi connectivity index (χ1) is 13.5. The van der Waals surface area contributed by atoms with Crippen molar-refractivity contribution in [3.05, 3.63) is 28.2 Å². The number of nitrogens with one attached hydrogen (secondary N) is 1. The summed E-state index contributed by atoms with van der Waals surface area (Å²) in [5, 5.41) is 15.1. The molecule has 28 heavy (non-hydrogen) atoms. The van der Waals surface area contributed by atoms with E-state index < -0.39 is 0 Å². The predicted octanol–water partition coefficient (Wildman–Crippen LogP) is 4.69. The molecule has 2 aromatic rings. The molecule has 0 spiro atoms. The topological polar surface area (TPSA) is 59.8 Å². The molecule has 7 heteroatoms. The molecule has 2 aliphatic carbocycles. The fourth-order valence-corrected chi connectivity index (χ4v) is 5.72.